The molecule has 0 unspecified atom stereocenters. The van der Waals surface area contributed by atoms with Gasteiger partial charge in [0, 0.05) is 14.1 Å². The Hall–Kier alpha value is -1.60. The van der Waals surface area contributed by atoms with Crippen molar-refractivity contribution in [2.75, 3.05) is 26.5 Å². The molecule has 0 aliphatic rings. The largest absolute Gasteiger partial charge is 0.447 e. The first-order chi connectivity index (χ1) is 9.27. The number of rotatable bonds is 5. The minimum absolute atomic E-state index is 0.0386. The molecule has 20 heavy (non-hydrogen) atoms. The second-order valence-electron chi connectivity index (χ2n) is 4.55. The van der Waals surface area contributed by atoms with Gasteiger partial charge < -0.3 is 15.4 Å². The second-order valence-corrected chi connectivity index (χ2v) is 6.83. The maximum atomic E-state index is 11.7. The van der Waals surface area contributed by atoms with Crippen LogP contribution in [0.2, 0.25) is 0 Å². The Kier molecular flexibility index (Phi) is 5.52. The van der Waals surface area contributed by atoms with Crippen molar-refractivity contribution in [3.63, 3.8) is 0 Å². The summed E-state index contributed by atoms with van der Waals surface area (Å²) < 4.78 is 28.3. The summed E-state index contributed by atoms with van der Waals surface area (Å²) in [5.74, 6) is 0.0544. The topological polar surface area (TPSA) is 89.7 Å². The molecular weight excluding hydrogens is 280 g/mol. The van der Waals surface area contributed by atoms with E-state index in [2.05, 4.69) is 0 Å². The predicted octanol–water partition coefficient (Wildman–Crippen LogP) is 1.18. The van der Waals surface area contributed by atoms with Gasteiger partial charge in [0.1, 0.15) is 6.61 Å². The normalized spacial score (nSPS) is 12.8. The summed E-state index contributed by atoms with van der Waals surface area (Å²) in [6.45, 7) is 1.63. The number of benzene rings is 1. The fraction of sp³-hybridized carbons (Fsp3) is 0.462. The molecule has 0 aliphatic carbocycles. The summed E-state index contributed by atoms with van der Waals surface area (Å²) in [5.41, 5.74) is 6.60. The molecule has 1 aromatic rings. The van der Waals surface area contributed by atoms with Gasteiger partial charge in [-0.1, -0.05) is 19.1 Å². The van der Waals surface area contributed by atoms with Crippen molar-refractivity contribution in [2.24, 2.45) is 5.73 Å². The molecule has 0 aromatic heterocycles. The van der Waals surface area contributed by atoms with E-state index in [-0.39, 0.29) is 17.3 Å². The lowest BCUT2D eigenvalue weighted by Crippen LogP contribution is -2.27. The molecule has 0 aliphatic heterocycles. The molecular formula is C13H20N2O4S. The van der Waals surface area contributed by atoms with Crippen LogP contribution in [0.1, 0.15) is 18.5 Å². The van der Waals surface area contributed by atoms with Crippen LogP contribution in [0.5, 0.6) is 0 Å². The molecule has 7 heteroatoms. The average Bonchev–Trinajstić information content (AvgIpc) is 2.44. The van der Waals surface area contributed by atoms with Gasteiger partial charge in [0.2, 0.25) is 0 Å². The highest BCUT2D eigenvalue weighted by Gasteiger charge is 2.14. The van der Waals surface area contributed by atoms with Crippen LogP contribution in [-0.2, 0) is 14.6 Å². The van der Waals surface area contributed by atoms with E-state index in [1.54, 1.807) is 33.2 Å². The number of sulfone groups is 1. The minimum atomic E-state index is -3.21. The highest BCUT2D eigenvalue weighted by molar-refractivity contribution is 7.91. The minimum Gasteiger partial charge on any atom is -0.447 e. The van der Waals surface area contributed by atoms with Crippen LogP contribution in [0.25, 0.3) is 0 Å². The zero-order valence-electron chi connectivity index (χ0n) is 11.9. The van der Waals surface area contributed by atoms with Gasteiger partial charge in [-0.2, -0.15) is 0 Å². The second kappa shape index (κ2) is 6.71. The molecule has 1 rings (SSSR count). The van der Waals surface area contributed by atoms with E-state index in [0.29, 0.717) is 5.56 Å². The van der Waals surface area contributed by atoms with Crippen molar-refractivity contribution in [3.05, 3.63) is 29.8 Å². The summed E-state index contributed by atoms with van der Waals surface area (Å²) in [6, 6.07) is 5.81. The van der Waals surface area contributed by atoms with Crippen LogP contribution in [0.4, 0.5) is 4.79 Å². The van der Waals surface area contributed by atoms with E-state index in [9.17, 15) is 13.2 Å². The van der Waals surface area contributed by atoms with Gasteiger partial charge >= 0.3 is 6.09 Å². The molecule has 2 N–H and O–H groups in total. The van der Waals surface area contributed by atoms with E-state index < -0.39 is 22.0 Å². The third kappa shape index (κ3) is 4.21. The first-order valence-electron chi connectivity index (χ1n) is 6.20. The number of hydrogen-bond donors (Lipinski definition) is 1. The third-order valence-electron chi connectivity index (χ3n) is 2.80. The molecule has 0 radical (unpaired) electrons. The fourth-order valence-electron chi connectivity index (χ4n) is 1.48. The number of amides is 1. The summed E-state index contributed by atoms with van der Waals surface area (Å²) in [6.07, 6.45) is -0.467. The molecule has 0 bridgehead atoms. The number of hydrogen-bond acceptors (Lipinski definition) is 5. The van der Waals surface area contributed by atoms with Crippen molar-refractivity contribution >= 4 is 15.9 Å². The molecule has 6 nitrogen and oxygen atoms in total. The SMILES string of the molecule is CCS(=O)(=O)c1ccc([C@@H](N)COC(=O)N(C)C)cc1. The quantitative estimate of drug-likeness (QED) is 0.882. The number of nitrogens with zero attached hydrogens (tertiary/aromatic N) is 1. The standard InChI is InChI=1S/C13H20N2O4S/c1-4-20(17,18)11-7-5-10(6-8-11)12(14)9-19-13(16)15(2)3/h5-8,12H,4,9,14H2,1-3H3/t12-/m0/s1. The van der Waals surface area contributed by atoms with Crippen molar-refractivity contribution in [1.82, 2.24) is 4.90 Å². The van der Waals surface area contributed by atoms with Crippen LogP contribution in [-0.4, -0.2) is 45.9 Å². The number of carbonyl (C=O) groups is 1. The Balaban J connectivity index is 2.71. The maximum absolute atomic E-state index is 11.7. The first kappa shape index (κ1) is 16.5. The van der Waals surface area contributed by atoms with Crippen molar-refractivity contribution < 1.29 is 17.9 Å². The van der Waals surface area contributed by atoms with Gasteiger partial charge in [0.05, 0.1) is 16.7 Å². The first-order valence-corrected chi connectivity index (χ1v) is 7.85. The summed E-state index contributed by atoms with van der Waals surface area (Å²) in [5, 5.41) is 0. The molecule has 0 saturated carbocycles. The Morgan fingerprint density at radius 3 is 2.30 bits per heavy atom. The van der Waals surface area contributed by atoms with E-state index in [1.165, 1.54) is 17.0 Å². The van der Waals surface area contributed by atoms with Crippen LogP contribution in [0.15, 0.2) is 29.2 Å². The van der Waals surface area contributed by atoms with Crippen molar-refractivity contribution in [2.45, 2.75) is 17.9 Å². The Morgan fingerprint density at radius 1 is 1.30 bits per heavy atom. The highest BCUT2D eigenvalue weighted by Crippen LogP contribution is 2.16. The molecule has 0 spiro atoms. The number of carbonyl (C=O) groups excluding carboxylic acids is 1. The number of ether oxygens (including phenoxy) is 1. The van der Waals surface area contributed by atoms with Gasteiger partial charge in [0.25, 0.3) is 0 Å². The molecule has 112 valence electrons. The maximum Gasteiger partial charge on any atom is 0.409 e. The van der Waals surface area contributed by atoms with Gasteiger partial charge in [0.15, 0.2) is 9.84 Å². The van der Waals surface area contributed by atoms with E-state index in [1.807, 2.05) is 0 Å². The fourth-order valence-corrected chi connectivity index (χ4v) is 2.36. The predicted molar refractivity (Wildman–Crippen MR) is 76.1 cm³/mol. The summed E-state index contributed by atoms with van der Waals surface area (Å²) in [4.78, 5) is 12.8. The van der Waals surface area contributed by atoms with Gasteiger partial charge in [-0.3, -0.25) is 0 Å². The smallest absolute Gasteiger partial charge is 0.409 e. The lowest BCUT2D eigenvalue weighted by molar-refractivity contribution is 0.112. The Morgan fingerprint density at radius 2 is 1.85 bits per heavy atom. The van der Waals surface area contributed by atoms with Gasteiger partial charge in [-0.15, -0.1) is 0 Å². The molecule has 0 fully saturated rings. The van der Waals surface area contributed by atoms with Crippen LogP contribution in [0.3, 0.4) is 0 Å². The molecule has 1 aromatic carbocycles. The summed E-state index contributed by atoms with van der Waals surface area (Å²) in [7, 11) is -0.0472. The molecule has 0 heterocycles. The lowest BCUT2D eigenvalue weighted by atomic mass is 10.1. The average molecular weight is 300 g/mol. The zero-order chi connectivity index (χ0) is 15.3. The number of nitrogens with two attached hydrogens (primary N) is 1. The molecule has 0 saturated heterocycles. The van der Waals surface area contributed by atoms with Crippen LogP contribution >= 0.6 is 0 Å². The van der Waals surface area contributed by atoms with E-state index in [4.69, 9.17) is 10.5 Å². The van der Waals surface area contributed by atoms with Gasteiger partial charge in [-0.05, 0) is 17.7 Å². The van der Waals surface area contributed by atoms with E-state index >= 15 is 0 Å². The lowest BCUT2D eigenvalue weighted by Gasteiger charge is -2.15. The van der Waals surface area contributed by atoms with Crippen LogP contribution < -0.4 is 5.73 Å². The van der Waals surface area contributed by atoms with Crippen molar-refractivity contribution in [3.8, 4) is 0 Å². The molecule has 1 atom stereocenters. The van der Waals surface area contributed by atoms with Gasteiger partial charge in [-0.25, -0.2) is 13.2 Å². The zero-order valence-corrected chi connectivity index (χ0v) is 12.7. The van der Waals surface area contributed by atoms with Crippen molar-refractivity contribution in [1.29, 1.82) is 0 Å². The molecule has 1 amide bonds. The van der Waals surface area contributed by atoms with E-state index in [0.717, 1.165) is 0 Å². The monoisotopic (exact) mass is 300 g/mol. The third-order valence-corrected chi connectivity index (χ3v) is 4.55. The Labute approximate surface area is 119 Å². The highest BCUT2D eigenvalue weighted by atomic mass is 32.2. The van der Waals surface area contributed by atoms with Crippen LogP contribution in [0, 0.1) is 0 Å². The summed E-state index contributed by atoms with van der Waals surface area (Å²) >= 11 is 0. The Bertz CT molecular complexity index is 552.